The maximum absolute atomic E-state index is 12.7. The average molecular weight is 490 g/mol. The summed E-state index contributed by atoms with van der Waals surface area (Å²) < 4.78 is 12.1. The summed E-state index contributed by atoms with van der Waals surface area (Å²) in [5.41, 5.74) is -0.369. The summed E-state index contributed by atoms with van der Waals surface area (Å²) in [6.07, 6.45) is 3.05. The number of ketones is 2. The van der Waals surface area contributed by atoms with Crippen molar-refractivity contribution in [3.63, 3.8) is 0 Å². The molecule has 9 atom stereocenters. The second-order valence-electron chi connectivity index (χ2n) is 11.3. The fourth-order valence-corrected chi connectivity index (χ4v) is 8.50. The Balaban J connectivity index is 1.49. The van der Waals surface area contributed by atoms with Crippen LogP contribution in [0, 0.1) is 34.5 Å². The SMILES string of the molecule is CNC(=O)CCC(=O)OC1CC2C([C@@H]3CC4(C(C(=O)CO)CCC24)[C@@H](O)O3)C2(C)CCC(=O)C=C12. The Morgan fingerprint density at radius 2 is 2.03 bits per heavy atom. The molecule has 5 rings (SSSR count). The number of carbonyl (C=O) groups excluding carboxylic acids is 4. The lowest BCUT2D eigenvalue weighted by Gasteiger charge is -2.58. The number of Topliss-reactive ketones (excluding diaryl/α,β-unsaturated/α-hetero) is 1. The van der Waals surface area contributed by atoms with Gasteiger partial charge in [0.15, 0.2) is 17.9 Å². The summed E-state index contributed by atoms with van der Waals surface area (Å²) in [6, 6.07) is 0. The van der Waals surface area contributed by atoms with Gasteiger partial charge in [0.2, 0.25) is 5.91 Å². The summed E-state index contributed by atoms with van der Waals surface area (Å²) in [6.45, 7) is 1.56. The number of aliphatic hydroxyl groups excluding tert-OH is 2. The van der Waals surface area contributed by atoms with Gasteiger partial charge in [-0.05, 0) is 66.9 Å². The van der Waals surface area contributed by atoms with Crippen LogP contribution in [0.1, 0.15) is 58.3 Å². The molecule has 5 aliphatic rings. The molecule has 3 saturated carbocycles. The van der Waals surface area contributed by atoms with Gasteiger partial charge in [0.1, 0.15) is 12.7 Å². The highest BCUT2D eigenvalue weighted by molar-refractivity contribution is 5.92. The normalized spacial score (nSPS) is 43.5. The molecule has 192 valence electrons. The third-order valence-corrected chi connectivity index (χ3v) is 9.89. The molecule has 9 nitrogen and oxygen atoms in total. The zero-order valence-corrected chi connectivity index (χ0v) is 20.3. The van der Waals surface area contributed by atoms with Gasteiger partial charge in [-0.15, -0.1) is 0 Å². The first-order valence-electron chi connectivity index (χ1n) is 12.8. The predicted octanol–water partition coefficient (Wildman–Crippen LogP) is 1.05. The Bertz CT molecular complexity index is 976. The molecular weight excluding hydrogens is 454 g/mol. The van der Waals surface area contributed by atoms with E-state index in [0.29, 0.717) is 32.1 Å². The van der Waals surface area contributed by atoms with Crippen molar-refractivity contribution in [1.29, 1.82) is 0 Å². The molecule has 1 aliphatic heterocycles. The molecule has 2 bridgehead atoms. The molecule has 0 radical (unpaired) electrons. The van der Waals surface area contributed by atoms with Crippen LogP contribution in [-0.2, 0) is 28.7 Å². The Hall–Kier alpha value is -2.10. The zero-order valence-electron chi connectivity index (χ0n) is 20.3. The van der Waals surface area contributed by atoms with Gasteiger partial charge in [0.05, 0.1) is 12.5 Å². The highest BCUT2D eigenvalue weighted by Gasteiger charge is 2.72. The molecule has 4 aliphatic carbocycles. The number of rotatable bonds is 6. The van der Waals surface area contributed by atoms with E-state index in [1.807, 2.05) is 0 Å². The summed E-state index contributed by atoms with van der Waals surface area (Å²) in [4.78, 5) is 49.4. The number of fused-ring (bicyclic) bond motifs is 6. The van der Waals surface area contributed by atoms with Crippen LogP contribution in [0.25, 0.3) is 0 Å². The second kappa shape index (κ2) is 8.78. The minimum Gasteiger partial charge on any atom is -0.458 e. The standard InChI is InChI=1S/C26H35NO8/c1-25-8-7-13(29)9-17(25)19(34-22(32)6-5-21(31)27-2)10-14-15-3-4-16(18(30)12-28)26(15)11-20(23(14)25)35-24(26)33/h9,14-16,19-20,23-24,28,33H,3-8,10-12H2,1-2H3,(H,27,31)/t14?,15?,16?,19?,20-,23?,24-,25?,26?/m0/s1. The van der Waals surface area contributed by atoms with E-state index in [4.69, 9.17) is 9.47 Å². The van der Waals surface area contributed by atoms with Crippen molar-refractivity contribution in [3.8, 4) is 0 Å². The van der Waals surface area contributed by atoms with Crippen LogP contribution in [0.2, 0.25) is 0 Å². The maximum atomic E-state index is 12.7. The first-order chi connectivity index (χ1) is 16.7. The lowest BCUT2D eigenvalue weighted by atomic mass is 9.45. The molecule has 7 unspecified atom stereocenters. The lowest BCUT2D eigenvalue weighted by Crippen LogP contribution is -2.58. The number of amides is 1. The number of ether oxygens (including phenoxy) is 2. The number of esters is 1. The smallest absolute Gasteiger partial charge is 0.306 e. The van der Waals surface area contributed by atoms with Crippen molar-refractivity contribution in [2.45, 2.75) is 76.8 Å². The van der Waals surface area contributed by atoms with Gasteiger partial charge in [0.25, 0.3) is 0 Å². The van der Waals surface area contributed by atoms with Crippen molar-refractivity contribution in [1.82, 2.24) is 5.32 Å². The summed E-state index contributed by atoms with van der Waals surface area (Å²) in [5.74, 6) is -1.37. The van der Waals surface area contributed by atoms with Crippen molar-refractivity contribution < 1.29 is 38.9 Å². The molecule has 9 heteroatoms. The molecule has 1 spiro atoms. The van der Waals surface area contributed by atoms with E-state index in [1.165, 1.54) is 7.05 Å². The fourth-order valence-electron chi connectivity index (χ4n) is 8.50. The molecule has 0 aromatic rings. The second-order valence-corrected chi connectivity index (χ2v) is 11.3. The van der Waals surface area contributed by atoms with Crippen LogP contribution in [0.4, 0.5) is 0 Å². The van der Waals surface area contributed by atoms with E-state index in [0.717, 1.165) is 12.0 Å². The summed E-state index contributed by atoms with van der Waals surface area (Å²) in [7, 11) is 1.51. The third kappa shape index (κ3) is 3.61. The molecule has 1 saturated heterocycles. The largest absolute Gasteiger partial charge is 0.458 e. The number of nitrogens with one attached hydrogen (secondary N) is 1. The van der Waals surface area contributed by atoms with E-state index < -0.39 is 41.7 Å². The molecule has 0 aromatic carbocycles. The van der Waals surface area contributed by atoms with Crippen LogP contribution in [0.15, 0.2) is 11.6 Å². The van der Waals surface area contributed by atoms with E-state index in [-0.39, 0.29) is 54.2 Å². The minimum absolute atomic E-state index is 0.00865. The number of hydrogen-bond acceptors (Lipinski definition) is 8. The third-order valence-electron chi connectivity index (χ3n) is 9.89. The van der Waals surface area contributed by atoms with Crippen molar-refractivity contribution in [2.24, 2.45) is 34.5 Å². The molecule has 35 heavy (non-hydrogen) atoms. The highest BCUT2D eigenvalue weighted by atomic mass is 16.6. The average Bonchev–Trinajstić information content (AvgIpc) is 3.36. The number of aliphatic hydroxyl groups is 2. The van der Waals surface area contributed by atoms with Gasteiger partial charge < -0.3 is 25.0 Å². The van der Waals surface area contributed by atoms with Gasteiger partial charge in [-0.2, -0.15) is 0 Å². The lowest BCUT2D eigenvalue weighted by molar-refractivity contribution is -0.160. The molecule has 4 fully saturated rings. The van der Waals surface area contributed by atoms with Gasteiger partial charge in [-0.1, -0.05) is 6.92 Å². The summed E-state index contributed by atoms with van der Waals surface area (Å²) in [5, 5.41) is 23.2. The van der Waals surface area contributed by atoms with Crippen LogP contribution in [-0.4, -0.2) is 65.8 Å². The van der Waals surface area contributed by atoms with Crippen LogP contribution >= 0.6 is 0 Å². The Morgan fingerprint density at radius 3 is 2.74 bits per heavy atom. The van der Waals surface area contributed by atoms with Crippen molar-refractivity contribution in [3.05, 3.63) is 11.6 Å². The van der Waals surface area contributed by atoms with Crippen molar-refractivity contribution in [2.75, 3.05) is 13.7 Å². The van der Waals surface area contributed by atoms with Gasteiger partial charge >= 0.3 is 5.97 Å². The van der Waals surface area contributed by atoms with E-state index in [2.05, 4.69) is 12.2 Å². The Morgan fingerprint density at radius 1 is 1.26 bits per heavy atom. The predicted molar refractivity (Wildman–Crippen MR) is 121 cm³/mol. The highest BCUT2D eigenvalue weighted by Crippen LogP contribution is 2.71. The maximum Gasteiger partial charge on any atom is 0.306 e. The quantitative estimate of drug-likeness (QED) is 0.471. The van der Waals surface area contributed by atoms with Crippen LogP contribution in [0.5, 0.6) is 0 Å². The van der Waals surface area contributed by atoms with E-state index in [1.54, 1.807) is 6.08 Å². The first-order valence-corrected chi connectivity index (χ1v) is 12.8. The molecule has 1 amide bonds. The molecule has 0 aromatic heterocycles. The van der Waals surface area contributed by atoms with Gasteiger partial charge in [-0.25, -0.2) is 0 Å². The first kappa shape index (κ1) is 24.6. The molecule has 1 heterocycles. The Labute approximate surface area is 204 Å². The van der Waals surface area contributed by atoms with E-state index >= 15 is 0 Å². The molecule has 3 N–H and O–H groups in total. The molecular formula is C26H35NO8. The topological polar surface area (TPSA) is 139 Å². The number of carbonyl (C=O) groups is 4. The minimum atomic E-state index is -1.08. The van der Waals surface area contributed by atoms with Crippen molar-refractivity contribution >= 4 is 23.4 Å². The number of hydrogen-bond donors (Lipinski definition) is 3. The Kier molecular flexibility index (Phi) is 6.17. The van der Waals surface area contributed by atoms with Crippen LogP contribution < -0.4 is 5.32 Å². The van der Waals surface area contributed by atoms with E-state index in [9.17, 15) is 29.4 Å². The van der Waals surface area contributed by atoms with Gasteiger partial charge in [0, 0.05) is 31.2 Å². The fraction of sp³-hybridized carbons (Fsp3) is 0.769. The summed E-state index contributed by atoms with van der Waals surface area (Å²) >= 11 is 0. The zero-order chi connectivity index (χ0) is 25.1. The van der Waals surface area contributed by atoms with Crippen LogP contribution in [0.3, 0.4) is 0 Å². The monoisotopic (exact) mass is 489 g/mol. The van der Waals surface area contributed by atoms with Gasteiger partial charge in [-0.3, -0.25) is 19.2 Å².